The van der Waals surface area contributed by atoms with Crippen LogP contribution in [0.3, 0.4) is 0 Å². The van der Waals surface area contributed by atoms with E-state index in [9.17, 15) is 15.0 Å². The molecule has 1 unspecified atom stereocenters. The van der Waals surface area contributed by atoms with Gasteiger partial charge in [-0.3, -0.25) is 0 Å². The number of phenols is 1. The monoisotopic (exact) mass is 306 g/mol. The molecule has 0 radical (unpaired) electrons. The van der Waals surface area contributed by atoms with Crippen molar-refractivity contribution in [2.75, 3.05) is 0 Å². The molecule has 0 heterocycles. The van der Waals surface area contributed by atoms with Crippen molar-refractivity contribution in [3.8, 4) is 5.75 Å². The highest BCUT2D eigenvalue weighted by Crippen LogP contribution is 2.24. The summed E-state index contributed by atoms with van der Waals surface area (Å²) in [6.45, 7) is 6.83. The second-order valence-electron chi connectivity index (χ2n) is 6.79. The minimum atomic E-state index is -1.05. The number of unbranched alkanes of at least 4 members (excludes halogenated alkanes) is 1. The Labute approximate surface area is 134 Å². The van der Waals surface area contributed by atoms with Crippen molar-refractivity contribution in [1.29, 1.82) is 0 Å². The summed E-state index contributed by atoms with van der Waals surface area (Å²) in [4.78, 5) is 11.2. The summed E-state index contributed by atoms with van der Waals surface area (Å²) < 4.78 is 0. The minimum absolute atomic E-state index is 0.0625. The van der Waals surface area contributed by atoms with E-state index in [1.807, 2.05) is 0 Å². The highest BCUT2D eigenvalue weighted by molar-refractivity contribution is 5.92. The number of hydrogen-bond donors (Lipinski definition) is 2. The zero-order valence-corrected chi connectivity index (χ0v) is 14.1. The lowest BCUT2D eigenvalue weighted by Crippen LogP contribution is -2.03. The molecule has 1 atom stereocenters. The van der Waals surface area contributed by atoms with Crippen LogP contribution in [0, 0.1) is 11.8 Å². The first-order chi connectivity index (χ1) is 10.4. The molecule has 0 aliphatic carbocycles. The molecule has 22 heavy (non-hydrogen) atoms. The van der Waals surface area contributed by atoms with Crippen molar-refractivity contribution in [2.45, 2.75) is 65.7 Å². The second kappa shape index (κ2) is 9.50. The number of rotatable bonds is 10. The topological polar surface area (TPSA) is 57.5 Å². The molecule has 0 aliphatic rings. The van der Waals surface area contributed by atoms with Crippen LogP contribution in [0.15, 0.2) is 18.2 Å². The van der Waals surface area contributed by atoms with Crippen LogP contribution in [0.2, 0.25) is 0 Å². The van der Waals surface area contributed by atoms with Crippen LogP contribution in [0.1, 0.15) is 75.2 Å². The summed E-state index contributed by atoms with van der Waals surface area (Å²) in [5.41, 5.74) is 0.799. The van der Waals surface area contributed by atoms with Gasteiger partial charge in [-0.15, -0.1) is 0 Å². The third kappa shape index (κ3) is 6.50. The third-order valence-corrected chi connectivity index (χ3v) is 4.21. The Hall–Kier alpha value is -1.51. The molecule has 0 aromatic heterocycles. The van der Waals surface area contributed by atoms with Crippen LogP contribution in [-0.2, 0) is 6.42 Å². The van der Waals surface area contributed by atoms with Gasteiger partial charge in [0.1, 0.15) is 11.3 Å². The summed E-state index contributed by atoms with van der Waals surface area (Å²) in [5.74, 6) is 0.344. The molecule has 3 heteroatoms. The van der Waals surface area contributed by atoms with E-state index in [1.165, 1.54) is 31.7 Å². The van der Waals surface area contributed by atoms with Gasteiger partial charge in [0.15, 0.2) is 0 Å². The van der Waals surface area contributed by atoms with Gasteiger partial charge in [-0.2, -0.15) is 0 Å². The fourth-order valence-corrected chi connectivity index (χ4v) is 2.87. The van der Waals surface area contributed by atoms with Gasteiger partial charge >= 0.3 is 5.97 Å². The van der Waals surface area contributed by atoms with Crippen molar-refractivity contribution in [3.05, 3.63) is 29.3 Å². The van der Waals surface area contributed by atoms with Gasteiger partial charge in [0.05, 0.1) is 0 Å². The number of carboxylic acid groups (broad SMARTS) is 1. The summed E-state index contributed by atoms with van der Waals surface area (Å²) in [6, 6.07) is 4.95. The lowest BCUT2D eigenvalue weighted by atomic mass is 9.94. The van der Waals surface area contributed by atoms with Crippen molar-refractivity contribution >= 4 is 5.97 Å². The smallest absolute Gasteiger partial charge is 0.339 e. The highest BCUT2D eigenvalue weighted by atomic mass is 16.4. The van der Waals surface area contributed by atoms with Crippen molar-refractivity contribution in [1.82, 2.24) is 0 Å². The molecule has 0 amide bonds. The Morgan fingerprint density at radius 1 is 1.05 bits per heavy atom. The Balaban J connectivity index is 2.33. The van der Waals surface area contributed by atoms with Crippen LogP contribution in [0.4, 0.5) is 0 Å². The fourth-order valence-electron chi connectivity index (χ4n) is 2.87. The molecule has 0 saturated heterocycles. The number of hydrogen-bond acceptors (Lipinski definition) is 2. The maximum atomic E-state index is 11.2. The molecular weight excluding hydrogens is 276 g/mol. The fraction of sp³-hybridized carbons (Fsp3) is 0.632. The normalized spacial score (nSPS) is 12.5. The van der Waals surface area contributed by atoms with Gasteiger partial charge in [-0.1, -0.05) is 65.0 Å². The molecule has 0 fully saturated rings. The maximum Gasteiger partial charge on any atom is 0.339 e. The van der Waals surface area contributed by atoms with Crippen LogP contribution in [0.5, 0.6) is 5.75 Å². The van der Waals surface area contributed by atoms with Gasteiger partial charge in [-0.25, -0.2) is 4.79 Å². The van der Waals surface area contributed by atoms with Gasteiger partial charge in [0.25, 0.3) is 0 Å². The van der Waals surface area contributed by atoms with Crippen molar-refractivity contribution in [3.63, 3.8) is 0 Å². The first-order valence-corrected chi connectivity index (χ1v) is 8.46. The van der Waals surface area contributed by atoms with E-state index in [0.29, 0.717) is 0 Å². The first-order valence-electron chi connectivity index (χ1n) is 8.46. The molecule has 124 valence electrons. The van der Waals surface area contributed by atoms with E-state index in [1.54, 1.807) is 12.1 Å². The Kier molecular flexibility index (Phi) is 8.00. The van der Waals surface area contributed by atoms with E-state index in [4.69, 9.17) is 0 Å². The van der Waals surface area contributed by atoms with Crippen LogP contribution < -0.4 is 0 Å². The van der Waals surface area contributed by atoms with Crippen molar-refractivity contribution < 1.29 is 15.0 Å². The van der Waals surface area contributed by atoms with Crippen LogP contribution >= 0.6 is 0 Å². The number of benzene rings is 1. The molecule has 1 rings (SSSR count). The molecule has 1 aromatic carbocycles. The Morgan fingerprint density at radius 3 is 2.36 bits per heavy atom. The summed E-state index contributed by atoms with van der Waals surface area (Å²) in [5, 5.41) is 18.8. The Bertz CT molecular complexity index is 466. The molecule has 0 aliphatic heterocycles. The predicted octanol–water partition coefficient (Wildman–Crippen LogP) is 5.27. The number of aromatic carboxylic acids is 1. The zero-order chi connectivity index (χ0) is 16.5. The number of carbonyl (C=O) groups is 1. The van der Waals surface area contributed by atoms with Crippen LogP contribution in [-0.4, -0.2) is 16.2 Å². The zero-order valence-electron chi connectivity index (χ0n) is 14.1. The predicted molar refractivity (Wildman–Crippen MR) is 90.5 cm³/mol. The summed E-state index contributed by atoms with van der Waals surface area (Å²) in [7, 11) is 0. The van der Waals surface area contributed by atoms with E-state index in [-0.39, 0.29) is 11.3 Å². The minimum Gasteiger partial charge on any atom is -0.507 e. The highest BCUT2D eigenvalue weighted by Gasteiger charge is 2.14. The van der Waals surface area contributed by atoms with Crippen molar-refractivity contribution in [2.24, 2.45) is 11.8 Å². The largest absolute Gasteiger partial charge is 0.507 e. The van der Waals surface area contributed by atoms with Gasteiger partial charge in [0, 0.05) is 0 Å². The lowest BCUT2D eigenvalue weighted by molar-refractivity contribution is 0.0692. The molecule has 0 bridgehead atoms. The SMILES string of the molecule is CC(C)CCCC(C)CCCCc1cccc(O)c1C(=O)O. The molecular formula is C19H30O3. The quantitative estimate of drug-likeness (QED) is 0.579. The van der Waals surface area contributed by atoms with E-state index < -0.39 is 5.97 Å². The molecule has 2 N–H and O–H groups in total. The first kappa shape index (κ1) is 18.5. The van der Waals surface area contributed by atoms with E-state index in [2.05, 4.69) is 20.8 Å². The average Bonchev–Trinajstić information content (AvgIpc) is 2.42. The maximum absolute atomic E-state index is 11.2. The molecule has 0 saturated carbocycles. The molecule has 0 spiro atoms. The number of carboxylic acids is 1. The van der Waals surface area contributed by atoms with Gasteiger partial charge < -0.3 is 10.2 Å². The summed E-state index contributed by atoms with van der Waals surface area (Å²) in [6.07, 6.45) is 7.87. The van der Waals surface area contributed by atoms with Gasteiger partial charge in [-0.05, 0) is 36.3 Å². The standard InChI is InChI=1S/C19H30O3/c1-14(2)8-6-10-15(3)9-4-5-11-16-12-7-13-17(20)18(16)19(21)22/h7,12-15,20H,4-6,8-11H2,1-3H3,(H,21,22). The van der Waals surface area contributed by atoms with Crippen LogP contribution in [0.25, 0.3) is 0 Å². The van der Waals surface area contributed by atoms with Gasteiger partial charge in [0.2, 0.25) is 0 Å². The third-order valence-electron chi connectivity index (χ3n) is 4.21. The molecule has 3 nitrogen and oxygen atoms in total. The lowest BCUT2D eigenvalue weighted by Gasteiger charge is -2.12. The molecule has 1 aromatic rings. The number of aromatic hydroxyl groups is 1. The van der Waals surface area contributed by atoms with E-state index in [0.717, 1.165) is 36.7 Å². The summed E-state index contributed by atoms with van der Waals surface area (Å²) >= 11 is 0. The average molecular weight is 306 g/mol. The van der Waals surface area contributed by atoms with E-state index >= 15 is 0 Å². The second-order valence-corrected chi connectivity index (χ2v) is 6.79. The Morgan fingerprint density at radius 2 is 1.73 bits per heavy atom. The number of aryl methyl sites for hydroxylation is 1.